The second kappa shape index (κ2) is 4.90. The molecular formula is C17H14N2O2. The van der Waals surface area contributed by atoms with Crippen LogP contribution in [0.15, 0.2) is 64.7 Å². The normalized spacial score (nSPS) is 14.0. The number of aliphatic imine (C=N–C) groups is 2. The van der Waals surface area contributed by atoms with E-state index in [0.29, 0.717) is 28.4 Å². The van der Waals surface area contributed by atoms with Gasteiger partial charge in [0.15, 0.2) is 5.84 Å². The zero-order valence-corrected chi connectivity index (χ0v) is 11.5. The van der Waals surface area contributed by atoms with E-state index in [-0.39, 0.29) is 11.5 Å². The first-order valence-corrected chi connectivity index (χ1v) is 6.51. The van der Waals surface area contributed by atoms with Crippen LogP contribution < -0.4 is 0 Å². The van der Waals surface area contributed by atoms with Crippen LogP contribution >= 0.6 is 0 Å². The van der Waals surface area contributed by atoms with Crippen molar-refractivity contribution < 1.29 is 10.2 Å². The van der Waals surface area contributed by atoms with E-state index in [1.54, 1.807) is 30.3 Å². The van der Waals surface area contributed by atoms with E-state index in [2.05, 4.69) is 16.6 Å². The highest BCUT2D eigenvalue weighted by molar-refractivity contribution is 6.25. The third kappa shape index (κ3) is 2.31. The molecule has 1 aliphatic heterocycles. The van der Waals surface area contributed by atoms with Crippen LogP contribution in [-0.4, -0.2) is 21.8 Å². The van der Waals surface area contributed by atoms with Crippen LogP contribution in [-0.2, 0) is 0 Å². The second-order valence-corrected chi connectivity index (χ2v) is 4.88. The standard InChI is InChI=1S/C17H14N2O2/c1-10-7-8-15(21)13(9-10)16-11(2)18-17(19-16)12-5-3-4-6-14(12)20/h3-9,20-21H,2H2,1H3. The third-order valence-corrected chi connectivity index (χ3v) is 3.28. The first-order chi connectivity index (χ1) is 10.1. The van der Waals surface area contributed by atoms with Gasteiger partial charge in [0.05, 0.1) is 11.3 Å². The molecule has 0 saturated heterocycles. The fourth-order valence-electron chi connectivity index (χ4n) is 2.21. The Balaban J connectivity index is 2.08. The topological polar surface area (TPSA) is 65.2 Å². The Labute approximate surface area is 122 Å². The summed E-state index contributed by atoms with van der Waals surface area (Å²) in [5.41, 5.74) is 3.13. The molecule has 0 bridgehead atoms. The summed E-state index contributed by atoms with van der Waals surface area (Å²) in [6, 6.07) is 12.1. The highest BCUT2D eigenvalue weighted by atomic mass is 16.3. The summed E-state index contributed by atoms with van der Waals surface area (Å²) >= 11 is 0. The van der Waals surface area contributed by atoms with Gasteiger partial charge in [0, 0.05) is 5.56 Å². The lowest BCUT2D eigenvalue weighted by Gasteiger charge is -2.05. The molecule has 0 aliphatic carbocycles. The Morgan fingerprint density at radius 3 is 2.38 bits per heavy atom. The number of para-hydroxylation sites is 1. The number of nitrogens with zero attached hydrogens (tertiary/aromatic N) is 2. The first-order valence-electron chi connectivity index (χ1n) is 6.51. The predicted octanol–water partition coefficient (Wildman–Crippen LogP) is 3.17. The van der Waals surface area contributed by atoms with E-state index in [1.807, 2.05) is 19.1 Å². The quantitative estimate of drug-likeness (QED) is 0.886. The van der Waals surface area contributed by atoms with Crippen LogP contribution in [0.4, 0.5) is 0 Å². The molecule has 0 amide bonds. The second-order valence-electron chi connectivity index (χ2n) is 4.88. The van der Waals surface area contributed by atoms with Gasteiger partial charge in [-0.05, 0) is 31.2 Å². The molecule has 4 heteroatoms. The molecule has 1 heterocycles. The average Bonchev–Trinajstić information content (AvgIpc) is 2.84. The number of aromatic hydroxyl groups is 2. The Morgan fingerprint density at radius 1 is 0.905 bits per heavy atom. The Morgan fingerprint density at radius 2 is 1.62 bits per heavy atom. The number of rotatable bonds is 2. The number of amidine groups is 1. The summed E-state index contributed by atoms with van der Waals surface area (Å²) < 4.78 is 0. The molecule has 0 spiro atoms. The van der Waals surface area contributed by atoms with Gasteiger partial charge < -0.3 is 10.2 Å². The van der Waals surface area contributed by atoms with Gasteiger partial charge in [-0.25, -0.2) is 9.98 Å². The van der Waals surface area contributed by atoms with Crippen LogP contribution in [0.3, 0.4) is 0 Å². The minimum Gasteiger partial charge on any atom is -0.507 e. The van der Waals surface area contributed by atoms with Crippen LogP contribution in [0.2, 0.25) is 0 Å². The molecule has 0 saturated carbocycles. The maximum Gasteiger partial charge on any atom is 0.164 e. The molecule has 0 radical (unpaired) electrons. The fraction of sp³-hybridized carbons (Fsp3) is 0.0588. The number of phenolic OH excluding ortho intramolecular Hbond substituents is 2. The van der Waals surface area contributed by atoms with E-state index in [0.717, 1.165) is 5.56 Å². The van der Waals surface area contributed by atoms with E-state index in [1.165, 1.54) is 0 Å². The van der Waals surface area contributed by atoms with Gasteiger partial charge in [0.2, 0.25) is 0 Å². The fourth-order valence-corrected chi connectivity index (χ4v) is 2.21. The van der Waals surface area contributed by atoms with Crippen molar-refractivity contribution in [2.45, 2.75) is 6.92 Å². The summed E-state index contributed by atoms with van der Waals surface area (Å²) in [6.45, 7) is 5.81. The Kier molecular flexibility index (Phi) is 3.06. The van der Waals surface area contributed by atoms with Gasteiger partial charge in [-0.15, -0.1) is 0 Å². The monoisotopic (exact) mass is 278 g/mol. The molecule has 2 N–H and O–H groups in total. The molecule has 21 heavy (non-hydrogen) atoms. The van der Waals surface area contributed by atoms with Gasteiger partial charge in [0.1, 0.15) is 17.2 Å². The highest BCUT2D eigenvalue weighted by Crippen LogP contribution is 2.28. The number of hydrogen-bond donors (Lipinski definition) is 2. The summed E-state index contributed by atoms with van der Waals surface area (Å²) in [7, 11) is 0. The van der Waals surface area contributed by atoms with Gasteiger partial charge in [-0.1, -0.05) is 30.3 Å². The van der Waals surface area contributed by atoms with Crippen molar-refractivity contribution in [3.63, 3.8) is 0 Å². The SMILES string of the molecule is C=C1N=C(c2ccccc2O)N=C1c1cc(C)ccc1O. The van der Waals surface area contributed by atoms with Crippen LogP contribution in [0.1, 0.15) is 16.7 Å². The highest BCUT2D eigenvalue weighted by Gasteiger charge is 2.21. The van der Waals surface area contributed by atoms with Crippen LogP contribution in [0, 0.1) is 6.92 Å². The zero-order valence-electron chi connectivity index (χ0n) is 11.5. The minimum absolute atomic E-state index is 0.113. The number of aryl methyl sites for hydroxylation is 1. The predicted molar refractivity (Wildman–Crippen MR) is 83.2 cm³/mol. The zero-order chi connectivity index (χ0) is 15.0. The molecule has 2 aromatic rings. The average molecular weight is 278 g/mol. The Bertz CT molecular complexity index is 804. The van der Waals surface area contributed by atoms with E-state index in [9.17, 15) is 10.2 Å². The molecular weight excluding hydrogens is 264 g/mol. The molecule has 104 valence electrons. The van der Waals surface area contributed by atoms with Crippen molar-refractivity contribution in [2.75, 3.05) is 0 Å². The molecule has 0 unspecified atom stereocenters. The lowest BCUT2D eigenvalue weighted by atomic mass is 10.0. The summed E-state index contributed by atoms with van der Waals surface area (Å²) in [4.78, 5) is 8.71. The van der Waals surface area contributed by atoms with Gasteiger partial charge in [-0.2, -0.15) is 0 Å². The number of hydrogen-bond acceptors (Lipinski definition) is 4. The Hall–Kier alpha value is -2.88. The number of allylic oxidation sites excluding steroid dienone is 1. The lowest BCUT2D eigenvalue weighted by molar-refractivity contribution is 0.473. The van der Waals surface area contributed by atoms with Gasteiger partial charge in [-0.3, -0.25) is 0 Å². The first kappa shape index (κ1) is 13.1. The van der Waals surface area contributed by atoms with Gasteiger partial charge in [0.25, 0.3) is 0 Å². The molecule has 0 fully saturated rings. The maximum absolute atomic E-state index is 10.0. The smallest absolute Gasteiger partial charge is 0.164 e. The van der Waals surface area contributed by atoms with E-state index in [4.69, 9.17) is 0 Å². The lowest BCUT2D eigenvalue weighted by Crippen LogP contribution is -2.01. The van der Waals surface area contributed by atoms with Crippen molar-refractivity contribution in [3.8, 4) is 11.5 Å². The van der Waals surface area contributed by atoms with Crippen molar-refractivity contribution in [1.29, 1.82) is 0 Å². The maximum atomic E-state index is 10.0. The molecule has 0 aromatic heterocycles. The summed E-state index contributed by atoms with van der Waals surface area (Å²) in [6.07, 6.45) is 0. The minimum atomic E-state index is 0.113. The van der Waals surface area contributed by atoms with E-state index >= 15 is 0 Å². The molecule has 1 aliphatic rings. The molecule has 0 atom stereocenters. The molecule has 4 nitrogen and oxygen atoms in total. The van der Waals surface area contributed by atoms with Crippen molar-refractivity contribution in [1.82, 2.24) is 0 Å². The van der Waals surface area contributed by atoms with Crippen molar-refractivity contribution >= 4 is 11.5 Å². The number of phenols is 2. The molecule has 2 aromatic carbocycles. The van der Waals surface area contributed by atoms with Crippen molar-refractivity contribution in [2.24, 2.45) is 9.98 Å². The number of benzene rings is 2. The van der Waals surface area contributed by atoms with Crippen molar-refractivity contribution in [3.05, 3.63) is 71.4 Å². The van der Waals surface area contributed by atoms with E-state index < -0.39 is 0 Å². The third-order valence-electron chi connectivity index (χ3n) is 3.28. The summed E-state index contributed by atoms with van der Waals surface area (Å²) in [5.74, 6) is 0.644. The summed E-state index contributed by atoms with van der Waals surface area (Å²) in [5, 5.41) is 19.9. The van der Waals surface area contributed by atoms with Gasteiger partial charge >= 0.3 is 0 Å². The van der Waals surface area contributed by atoms with Crippen LogP contribution in [0.5, 0.6) is 11.5 Å². The largest absolute Gasteiger partial charge is 0.507 e. The molecule has 3 rings (SSSR count). The van der Waals surface area contributed by atoms with Crippen LogP contribution in [0.25, 0.3) is 0 Å².